The number of para-hydroxylation sites is 2. The lowest BCUT2D eigenvalue weighted by molar-refractivity contribution is 0.0675. The number of hydrogen-bond donors (Lipinski definition) is 2. The summed E-state index contributed by atoms with van der Waals surface area (Å²) in [5, 5.41) is 9.53. The highest BCUT2D eigenvalue weighted by Gasteiger charge is 2.24. The number of urea groups is 1. The average Bonchev–Trinajstić information content (AvgIpc) is 3.11. The number of rotatable bonds is 5. The van der Waals surface area contributed by atoms with Crippen molar-refractivity contribution in [1.29, 1.82) is 0 Å². The minimum atomic E-state index is -0.178. The fraction of sp³-hybridized carbons (Fsp3) is 0.375. The molecule has 3 rings (SSSR count). The molecule has 0 saturated carbocycles. The van der Waals surface area contributed by atoms with Gasteiger partial charge in [-0.2, -0.15) is 5.10 Å². The van der Waals surface area contributed by atoms with Crippen LogP contribution in [0.1, 0.15) is 12.6 Å². The number of aromatic amines is 1. The molecule has 122 valence electrons. The van der Waals surface area contributed by atoms with Crippen LogP contribution in [0.2, 0.25) is 0 Å². The van der Waals surface area contributed by atoms with E-state index in [0.29, 0.717) is 26.2 Å². The maximum atomic E-state index is 12.3. The molecule has 0 unspecified atom stereocenters. The maximum Gasteiger partial charge on any atom is 0.317 e. The number of carbonyl (C=O) groups excluding carboxylic acids is 1. The number of ether oxygens (including phenoxy) is 2. The summed E-state index contributed by atoms with van der Waals surface area (Å²) in [7, 11) is 0. The molecule has 1 aromatic heterocycles. The molecule has 0 bridgehead atoms. The Kier molecular flexibility index (Phi) is 4.65. The van der Waals surface area contributed by atoms with Crippen LogP contribution < -0.4 is 14.8 Å². The number of amides is 2. The van der Waals surface area contributed by atoms with E-state index in [4.69, 9.17) is 9.47 Å². The molecular formula is C16H20N4O3. The zero-order valence-electron chi connectivity index (χ0n) is 13.0. The third kappa shape index (κ3) is 3.74. The van der Waals surface area contributed by atoms with Gasteiger partial charge >= 0.3 is 6.03 Å². The Morgan fingerprint density at radius 2 is 2.22 bits per heavy atom. The Morgan fingerprint density at radius 1 is 1.39 bits per heavy atom. The van der Waals surface area contributed by atoms with Crippen LogP contribution in [0.4, 0.5) is 4.79 Å². The monoisotopic (exact) mass is 316 g/mol. The summed E-state index contributed by atoms with van der Waals surface area (Å²) >= 11 is 0. The van der Waals surface area contributed by atoms with Gasteiger partial charge in [-0.05, 0) is 25.1 Å². The smallest absolute Gasteiger partial charge is 0.317 e. The van der Waals surface area contributed by atoms with Gasteiger partial charge in [-0.3, -0.25) is 5.10 Å². The zero-order valence-corrected chi connectivity index (χ0v) is 13.0. The van der Waals surface area contributed by atoms with E-state index in [1.165, 1.54) is 0 Å². The van der Waals surface area contributed by atoms with Crippen molar-refractivity contribution in [2.45, 2.75) is 19.6 Å². The minimum Gasteiger partial charge on any atom is -0.486 e. The van der Waals surface area contributed by atoms with Crippen LogP contribution in [-0.4, -0.2) is 46.9 Å². The molecule has 23 heavy (non-hydrogen) atoms. The molecule has 0 saturated heterocycles. The van der Waals surface area contributed by atoms with Crippen molar-refractivity contribution in [1.82, 2.24) is 20.4 Å². The Morgan fingerprint density at radius 3 is 2.96 bits per heavy atom. The lowest BCUT2D eigenvalue weighted by atomic mass is 10.2. The largest absolute Gasteiger partial charge is 0.486 e. The average molecular weight is 316 g/mol. The molecule has 2 aromatic rings. The fourth-order valence-corrected chi connectivity index (χ4v) is 2.42. The molecule has 0 fully saturated rings. The summed E-state index contributed by atoms with van der Waals surface area (Å²) < 4.78 is 11.6. The first-order valence-corrected chi connectivity index (χ1v) is 7.65. The Bertz CT molecular complexity index is 645. The summed E-state index contributed by atoms with van der Waals surface area (Å²) in [6, 6.07) is 9.25. The van der Waals surface area contributed by atoms with Crippen molar-refractivity contribution < 1.29 is 14.3 Å². The zero-order chi connectivity index (χ0) is 16.1. The van der Waals surface area contributed by atoms with Crippen LogP contribution in [0.15, 0.2) is 36.5 Å². The number of nitrogens with zero attached hydrogens (tertiary/aromatic N) is 2. The number of aromatic nitrogens is 2. The standard InChI is InChI=1S/C16H20N4O3/c1-2-20(16(21)17-9-12-7-8-18-19-12)10-13-11-22-14-5-3-4-6-15(14)23-13/h3-8,13H,2,9-11H2,1H3,(H,17,21)(H,18,19)/t13-/m0/s1. The summed E-state index contributed by atoms with van der Waals surface area (Å²) in [6.45, 7) is 3.85. The summed E-state index contributed by atoms with van der Waals surface area (Å²) in [5.41, 5.74) is 0.862. The van der Waals surface area contributed by atoms with E-state index in [0.717, 1.165) is 17.2 Å². The molecule has 7 nitrogen and oxygen atoms in total. The molecule has 0 spiro atoms. The van der Waals surface area contributed by atoms with Gasteiger partial charge in [-0.25, -0.2) is 4.79 Å². The van der Waals surface area contributed by atoms with Gasteiger partial charge in [-0.15, -0.1) is 0 Å². The second-order valence-corrected chi connectivity index (χ2v) is 5.28. The SMILES string of the molecule is CCN(C[C@H]1COc2ccccc2O1)C(=O)NCc1ccn[nH]1. The van der Waals surface area contributed by atoms with Crippen molar-refractivity contribution in [2.24, 2.45) is 0 Å². The van der Waals surface area contributed by atoms with E-state index >= 15 is 0 Å². The number of likely N-dealkylation sites (N-methyl/N-ethyl adjacent to an activating group) is 1. The van der Waals surface area contributed by atoms with Crippen LogP contribution in [0.5, 0.6) is 11.5 Å². The molecule has 0 radical (unpaired) electrons. The third-order valence-corrected chi connectivity index (χ3v) is 3.65. The van der Waals surface area contributed by atoms with Crippen molar-refractivity contribution >= 4 is 6.03 Å². The van der Waals surface area contributed by atoms with Gasteiger partial charge in [0, 0.05) is 12.7 Å². The van der Waals surface area contributed by atoms with Crippen molar-refractivity contribution in [3.8, 4) is 11.5 Å². The maximum absolute atomic E-state index is 12.3. The number of nitrogens with one attached hydrogen (secondary N) is 2. The van der Waals surface area contributed by atoms with Gasteiger partial charge in [0.15, 0.2) is 17.6 Å². The second-order valence-electron chi connectivity index (χ2n) is 5.28. The molecule has 2 N–H and O–H groups in total. The van der Waals surface area contributed by atoms with E-state index in [9.17, 15) is 4.79 Å². The van der Waals surface area contributed by atoms with Crippen molar-refractivity contribution in [3.05, 3.63) is 42.2 Å². The van der Waals surface area contributed by atoms with Crippen molar-refractivity contribution in [3.63, 3.8) is 0 Å². The minimum absolute atomic E-state index is 0.135. The summed E-state index contributed by atoms with van der Waals surface area (Å²) in [5.74, 6) is 1.47. The van der Waals surface area contributed by atoms with Gasteiger partial charge in [-0.1, -0.05) is 12.1 Å². The number of H-pyrrole nitrogens is 1. The van der Waals surface area contributed by atoms with E-state index < -0.39 is 0 Å². The number of benzene rings is 1. The summed E-state index contributed by atoms with van der Waals surface area (Å²) in [6.07, 6.45) is 1.48. The number of hydrogen-bond acceptors (Lipinski definition) is 4. The molecule has 1 atom stereocenters. The molecule has 1 aromatic carbocycles. The molecule has 2 amide bonds. The molecule has 0 aliphatic carbocycles. The Labute approximate surface area is 134 Å². The van der Waals surface area contributed by atoms with Gasteiger partial charge in [0.2, 0.25) is 0 Å². The van der Waals surface area contributed by atoms with E-state index in [-0.39, 0.29) is 12.1 Å². The van der Waals surface area contributed by atoms with Crippen LogP contribution in [0, 0.1) is 0 Å². The first-order valence-electron chi connectivity index (χ1n) is 7.65. The Hall–Kier alpha value is -2.70. The topological polar surface area (TPSA) is 79.5 Å². The lowest BCUT2D eigenvalue weighted by Gasteiger charge is -2.30. The van der Waals surface area contributed by atoms with Crippen LogP contribution in [0.3, 0.4) is 0 Å². The van der Waals surface area contributed by atoms with Crippen LogP contribution in [-0.2, 0) is 6.54 Å². The van der Waals surface area contributed by atoms with Gasteiger partial charge in [0.05, 0.1) is 18.8 Å². The normalized spacial score (nSPS) is 16.0. The Balaban J connectivity index is 1.54. The van der Waals surface area contributed by atoms with Crippen LogP contribution in [0.25, 0.3) is 0 Å². The molecular weight excluding hydrogens is 296 g/mol. The van der Waals surface area contributed by atoms with Gasteiger partial charge in [0.25, 0.3) is 0 Å². The quantitative estimate of drug-likeness (QED) is 0.881. The first-order chi connectivity index (χ1) is 11.3. The molecule has 7 heteroatoms. The lowest BCUT2D eigenvalue weighted by Crippen LogP contribution is -2.47. The highest BCUT2D eigenvalue weighted by molar-refractivity contribution is 5.74. The molecule has 1 aliphatic heterocycles. The van der Waals surface area contributed by atoms with Crippen molar-refractivity contribution in [2.75, 3.05) is 19.7 Å². The predicted octanol–water partition coefficient (Wildman–Crippen LogP) is 1.78. The van der Waals surface area contributed by atoms with E-state index in [1.807, 2.05) is 37.3 Å². The van der Waals surface area contributed by atoms with Crippen LogP contribution >= 0.6 is 0 Å². The summed E-state index contributed by atoms with van der Waals surface area (Å²) in [4.78, 5) is 14.0. The number of carbonyl (C=O) groups is 1. The highest BCUT2D eigenvalue weighted by Crippen LogP contribution is 2.30. The highest BCUT2D eigenvalue weighted by atomic mass is 16.6. The number of fused-ring (bicyclic) bond motifs is 1. The predicted molar refractivity (Wildman–Crippen MR) is 84.4 cm³/mol. The molecule has 1 aliphatic rings. The second kappa shape index (κ2) is 7.04. The third-order valence-electron chi connectivity index (χ3n) is 3.65. The molecule has 2 heterocycles. The van der Waals surface area contributed by atoms with E-state index in [2.05, 4.69) is 15.5 Å². The van der Waals surface area contributed by atoms with Gasteiger partial charge < -0.3 is 19.7 Å². The first kappa shape index (κ1) is 15.2. The fourth-order valence-electron chi connectivity index (χ4n) is 2.42. The van der Waals surface area contributed by atoms with Gasteiger partial charge in [0.1, 0.15) is 6.61 Å². The van der Waals surface area contributed by atoms with E-state index in [1.54, 1.807) is 11.1 Å².